The predicted molar refractivity (Wildman–Crippen MR) is 127 cm³/mol. The highest BCUT2D eigenvalue weighted by atomic mass is 35.5. The van der Waals surface area contributed by atoms with E-state index in [0.29, 0.717) is 11.6 Å². The van der Waals surface area contributed by atoms with Gasteiger partial charge in [0.05, 0.1) is 20.6 Å². The SMILES string of the molecule is CC(C)c1ccc(NC(=O)CN(c2ccc(Cl)c(Cl)c2)S(=O)(=O)c2ccccc2)cc1. The molecule has 3 rings (SSSR count). The van der Waals surface area contributed by atoms with E-state index in [2.05, 4.69) is 19.2 Å². The highest BCUT2D eigenvalue weighted by molar-refractivity contribution is 7.92. The monoisotopic (exact) mass is 476 g/mol. The first-order valence-electron chi connectivity index (χ1n) is 9.61. The number of carbonyl (C=O) groups excluding carboxylic acids is 1. The van der Waals surface area contributed by atoms with Crippen LogP contribution in [-0.2, 0) is 14.8 Å². The largest absolute Gasteiger partial charge is 0.325 e. The number of halogens is 2. The summed E-state index contributed by atoms with van der Waals surface area (Å²) >= 11 is 12.1. The summed E-state index contributed by atoms with van der Waals surface area (Å²) < 4.78 is 27.6. The lowest BCUT2D eigenvalue weighted by molar-refractivity contribution is -0.114. The maximum atomic E-state index is 13.3. The van der Waals surface area contributed by atoms with Crippen molar-refractivity contribution in [1.82, 2.24) is 0 Å². The van der Waals surface area contributed by atoms with Crippen LogP contribution in [0.15, 0.2) is 77.7 Å². The van der Waals surface area contributed by atoms with Crippen molar-refractivity contribution >= 4 is 50.5 Å². The number of hydrogen-bond donors (Lipinski definition) is 1. The Morgan fingerprint density at radius 3 is 2.16 bits per heavy atom. The minimum Gasteiger partial charge on any atom is -0.325 e. The molecule has 0 radical (unpaired) electrons. The number of anilines is 2. The van der Waals surface area contributed by atoms with Gasteiger partial charge in [-0.3, -0.25) is 9.10 Å². The lowest BCUT2D eigenvalue weighted by Crippen LogP contribution is -2.38. The van der Waals surface area contributed by atoms with Crippen LogP contribution in [0.2, 0.25) is 10.0 Å². The Kier molecular flexibility index (Phi) is 7.26. The van der Waals surface area contributed by atoms with E-state index in [1.165, 1.54) is 30.3 Å². The van der Waals surface area contributed by atoms with Gasteiger partial charge < -0.3 is 5.32 Å². The van der Waals surface area contributed by atoms with Gasteiger partial charge in [-0.2, -0.15) is 0 Å². The van der Waals surface area contributed by atoms with E-state index in [1.807, 2.05) is 12.1 Å². The highest BCUT2D eigenvalue weighted by Crippen LogP contribution is 2.30. The van der Waals surface area contributed by atoms with Gasteiger partial charge in [0.25, 0.3) is 10.0 Å². The fourth-order valence-corrected chi connectivity index (χ4v) is 4.68. The van der Waals surface area contributed by atoms with Crippen molar-refractivity contribution < 1.29 is 13.2 Å². The van der Waals surface area contributed by atoms with E-state index in [-0.39, 0.29) is 20.6 Å². The van der Waals surface area contributed by atoms with Crippen molar-refractivity contribution in [2.24, 2.45) is 0 Å². The first-order chi connectivity index (χ1) is 14.7. The van der Waals surface area contributed by atoms with Crippen LogP contribution in [0, 0.1) is 0 Å². The summed E-state index contributed by atoms with van der Waals surface area (Å²) in [6, 6.07) is 19.8. The second-order valence-electron chi connectivity index (χ2n) is 7.25. The molecule has 0 aliphatic rings. The van der Waals surface area contributed by atoms with E-state index in [4.69, 9.17) is 23.2 Å². The molecule has 8 heteroatoms. The molecule has 0 saturated carbocycles. The summed E-state index contributed by atoms with van der Waals surface area (Å²) in [7, 11) is -4.02. The lowest BCUT2D eigenvalue weighted by atomic mass is 10.0. The topological polar surface area (TPSA) is 66.5 Å². The van der Waals surface area contributed by atoms with Crippen molar-refractivity contribution in [1.29, 1.82) is 0 Å². The zero-order valence-corrected chi connectivity index (χ0v) is 19.4. The molecule has 1 amide bonds. The van der Waals surface area contributed by atoms with Gasteiger partial charge in [0.1, 0.15) is 6.54 Å². The molecule has 0 spiro atoms. The Balaban J connectivity index is 1.91. The molecule has 0 atom stereocenters. The maximum Gasteiger partial charge on any atom is 0.264 e. The van der Waals surface area contributed by atoms with Gasteiger partial charge in [0.15, 0.2) is 0 Å². The number of carbonyl (C=O) groups is 1. The van der Waals surface area contributed by atoms with Gasteiger partial charge in [-0.15, -0.1) is 0 Å². The Morgan fingerprint density at radius 1 is 0.935 bits per heavy atom. The van der Waals surface area contributed by atoms with Crippen LogP contribution in [0.1, 0.15) is 25.3 Å². The molecular formula is C23H22Cl2N2O3S. The van der Waals surface area contributed by atoms with Gasteiger partial charge >= 0.3 is 0 Å². The molecule has 31 heavy (non-hydrogen) atoms. The van der Waals surface area contributed by atoms with Crippen molar-refractivity contribution in [2.45, 2.75) is 24.7 Å². The molecule has 0 aliphatic carbocycles. The summed E-state index contributed by atoms with van der Waals surface area (Å²) in [6.45, 7) is 3.73. The zero-order chi connectivity index (χ0) is 22.6. The molecule has 0 aliphatic heterocycles. The normalized spacial score (nSPS) is 11.4. The minimum atomic E-state index is -4.02. The fraction of sp³-hybridized carbons (Fsp3) is 0.174. The summed E-state index contributed by atoms with van der Waals surface area (Å²) in [6.07, 6.45) is 0. The van der Waals surface area contributed by atoms with Crippen molar-refractivity contribution in [3.05, 3.63) is 88.4 Å². The number of amides is 1. The molecule has 0 saturated heterocycles. The van der Waals surface area contributed by atoms with Crippen LogP contribution in [0.4, 0.5) is 11.4 Å². The minimum absolute atomic E-state index is 0.0650. The van der Waals surface area contributed by atoms with Crippen LogP contribution in [-0.4, -0.2) is 20.9 Å². The fourth-order valence-electron chi connectivity index (χ4n) is 2.96. The van der Waals surface area contributed by atoms with E-state index < -0.39 is 22.5 Å². The third-order valence-corrected chi connectivity index (χ3v) is 7.20. The van der Waals surface area contributed by atoms with Gasteiger partial charge in [-0.05, 0) is 53.9 Å². The second-order valence-corrected chi connectivity index (χ2v) is 9.92. The third kappa shape index (κ3) is 5.58. The number of benzene rings is 3. The molecule has 0 aromatic heterocycles. The molecule has 0 heterocycles. The summed E-state index contributed by atoms with van der Waals surface area (Å²) in [5.74, 6) is -0.117. The molecule has 3 aromatic rings. The Morgan fingerprint density at radius 2 is 1.58 bits per heavy atom. The Bertz CT molecular complexity index is 1170. The first kappa shape index (κ1) is 23.1. The number of sulfonamides is 1. The van der Waals surface area contributed by atoms with Crippen molar-refractivity contribution in [3.63, 3.8) is 0 Å². The first-order valence-corrected chi connectivity index (χ1v) is 11.8. The summed E-state index contributed by atoms with van der Waals surface area (Å²) in [5, 5.41) is 3.23. The quantitative estimate of drug-likeness (QED) is 0.457. The standard InChI is InChI=1S/C23H22Cl2N2O3S/c1-16(2)17-8-10-18(11-9-17)26-23(28)15-27(19-12-13-21(24)22(25)14-19)31(29,30)20-6-4-3-5-7-20/h3-14,16H,15H2,1-2H3,(H,26,28). The molecule has 0 fully saturated rings. The summed E-state index contributed by atoms with van der Waals surface area (Å²) in [4.78, 5) is 12.8. The highest BCUT2D eigenvalue weighted by Gasteiger charge is 2.27. The van der Waals surface area contributed by atoms with Gasteiger partial charge in [-0.25, -0.2) is 8.42 Å². The average molecular weight is 477 g/mol. The van der Waals surface area contributed by atoms with Gasteiger partial charge in [0.2, 0.25) is 5.91 Å². The van der Waals surface area contributed by atoms with Crippen LogP contribution in [0.5, 0.6) is 0 Å². The average Bonchev–Trinajstić information content (AvgIpc) is 2.75. The number of nitrogens with zero attached hydrogens (tertiary/aromatic N) is 1. The number of hydrogen-bond acceptors (Lipinski definition) is 3. The lowest BCUT2D eigenvalue weighted by Gasteiger charge is -2.24. The van der Waals surface area contributed by atoms with E-state index in [0.717, 1.165) is 9.87 Å². The van der Waals surface area contributed by atoms with Crippen molar-refractivity contribution in [2.75, 3.05) is 16.2 Å². The zero-order valence-electron chi connectivity index (χ0n) is 17.0. The van der Waals surface area contributed by atoms with Crippen LogP contribution < -0.4 is 9.62 Å². The Labute approximate surface area is 192 Å². The molecule has 1 N–H and O–H groups in total. The number of nitrogens with one attached hydrogen (secondary N) is 1. The van der Waals surface area contributed by atoms with E-state index >= 15 is 0 Å². The van der Waals surface area contributed by atoms with Crippen LogP contribution in [0.3, 0.4) is 0 Å². The molecule has 162 valence electrons. The van der Waals surface area contributed by atoms with Crippen LogP contribution >= 0.6 is 23.2 Å². The molecule has 3 aromatic carbocycles. The molecule has 0 unspecified atom stereocenters. The predicted octanol–water partition coefficient (Wildman–Crippen LogP) is 5.95. The van der Waals surface area contributed by atoms with Crippen molar-refractivity contribution in [3.8, 4) is 0 Å². The van der Waals surface area contributed by atoms with Gasteiger partial charge in [-0.1, -0.05) is 67.4 Å². The Hall–Kier alpha value is -2.54. The summed E-state index contributed by atoms with van der Waals surface area (Å²) in [5.41, 5.74) is 1.96. The second kappa shape index (κ2) is 9.73. The smallest absolute Gasteiger partial charge is 0.264 e. The molecule has 5 nitrogen and oxygen atoms in total. The third-order valence-electron chi connectivity index (χ3n) is 4.67. The molecule has 0 bridgehead atoms. The van der Waals surface area contributed by atoms with E-state index in [9.17, 15) is 13.2 Å². The van der Waals surface area contributed by atoms with Gasteiger partial charge in [0, 0.05) is 5.69 Å². The molecular weight excluding hydrogens is 455 g/mol. The van der Waals surface area contributed by atoms with Crippen LogP contribution in [0.25, 0.3) is 0 Å². The number of rotatable bonds is 7. The van der Waals surface area contributed by atoms with E-state index in [1.54, 1.807) is 30.3 Å². The maximum absolute atomic E-state index is 13.3.